The monoisotopic (exact) mass is 295 g/mol. The first-order valence-electron chi connectivity index (χ1n) is 5.20. The van der Waals surface area contributed by atoms with E-state index in [1.807, 2.05) is 0 Å². The molecule has 5 nitrogen and oxygen atoms in total. The molecule has 0 aliphatic heterocycles. The Bertz CT molecular complexity index is 223. The van der Waals surface area contributed by atoms with Gasteiger partial charge in [0, 0.05) is 13.0 Å². The standard InChI is InChI=1S/C10H18BrNO4/c1-3-16-9(13)5-4-6-12-7-8(11)10(14)15-2/h8,12H,3-7H2,1-2H3. The van der Waals surface area contributed by atoms with Gasteiger partial charge in [0.15, 0.2) is 0 Å². The van der Waals surface area contributed by atoms with Gasteiger partial charge < -0.3 is 14.8 Å². The summed E-state index contributed by atoms with van der Waals surface area (Å²) in [7, 11) is 1.34. The summed E-state index contributed by atoms with van der Waals surface area (Å²) in [6.45, 7) is 3.34. The number of carbonyl (C=O) groups is 2. The number of halogens is 1. The predicted octanol–water partition coefficient (Wildman–Crippen LogP) is 0.856. The van der Waals surface area contributed by atoms with Crippen LogP contribution in [0, 0.1) is 0 Å². The summed E-state index contributed by atoms with van der Waals surface area (Å²) in [6, 6.07) is 0. The molecule has 0 radical (unpaired) electrons. The normalized spacial score (nSPS) is 11.9. The van der Waals surface area contributed by atoms with E-state index >= 15 is 0 Å². The molecule has 6 heteroatoms. The summed E-state index contributed by atoms with van der Waals surface area (Å²) in [5.74, 6) is -0.495. The lowest BCUT2D eigenvalue weighted by Gasteiger charge is -2.08. The second-order valence-corrected chi connectivity index (χ2v) is 4.21. The Balaban J connectivity index is 3.40. The molecule has 0 saturated heterocycles. The quantitative estimate of drug-likeness (QED) is 0.409. The highest BCUT2D eigenvalue weighted by molar-refractivity contribution is 9.10. The third kappa shape index (κ3) is 7.64. The molecule has 1 N–H and O–H groups in total. The molecule has 16 heavy (non-hydrogen) atoms. The lowest BCUT2D eigenvalue weighted by molar-refractivity contribution is -0.143. The van der Waals surface area contributed by atoms with Gasteiger partial charge in [-0.05, 0) is 19.9 Å². The van der Waals surface area contributed by atoms with Gasteiger partial charge in [0.1, 0.15) is 4.83 Å². The van der Waals surface area contributed by atoms with Crippen LogP contribution in [0.3, 0.4) is 0 Å². The molecule has 0 aromatic carbocycles. The van der Waals surface area contributed by atoms with Gasteiger partial charge in [-0.2, -0.15) is 0 Å². The van der Waals surface area contributed by atoms with Gasteiger partial charge in [0.2, 0.25) is 0 Å². The summed E-state index contributed by atoms with van der Waals surface area (Å²) >= 11 is 3.18. The average Bonchev–Trinajstić information content (AvgIpc) is 2.27. The second-order valence-electron chi connectivity index (χ2n) is 3.10. The number of nitrogens with one attached hydrogen (secondary N) is 1. The minimum Gasteiger partial charge on any atom is -0.468 e. The van der Waals surface area contributed by atoms with Crippen LogP contribution in [-0.2, 0) is 19.1 Å². The molecule has 0 aromatic heterocycles. The molecule has 94 valence electrons. The Morgan fingerprint density at radius 3 is 2.69 bits per heavy atom. The van der Waals surface area contributed by atoms with Gasteiger partial charge in [-0.25, -0.2) is 0 Å². The van der Waals surface area contributed by atoms with Crippen molar-refractivity contribution in [1.82, 2.24) is 5.32 Å². The van der Waals surface area contributed by atoms with E-state index in [2.05, 4.69) is 26.0 Å². The van der Waals surface area contributed by atoms with Gasteiger partial charge >= 0.3 is 11.9 Å². The number of hydrogen-bond acceptors (Lipinski definition) is 5. The summed E-state index contributed by atoms with van der Waals surface area (Å²) in [4.78, 5) is 21.6. The molecule has 0 bridgehead atoms. The maximum atomic E-state index is 11.0. The number of methoxy groups -OCH3 is 1. The van der Waals surface area contributed by atoms with Crippen molar-refractivity contribution in [1.29, 1.82) is 0 Å². The number of ether oxygens (including phenoxy) is 2. The van der Waals surface area contributed by atoms with Crippen molar-refractivity contribution in [2.45, 2.75) is 24.6 Å². The van der Waals surface area contributed by atoms with Gasteiger partial charge in [-0.15, -0.1) is 0 Å². The molecule has 0 amide bonds. The van der Waals surface area contributed by atoms with E-state index in [1.165, 1.54) is 7.11 Å². The first-order valence-corrected chi connectivity index (χ1v) is 6.11. The fraction of sp³-hybridized carbons (Fsp3) is 0.800. The highest BCUT2D eigenvalue weighted by Gasteiger charge is 2.13. The Morgan fingerprint density at radius 1 is 1.44 bits per heavy atom. The number of rotatable bonds is 8. The molecule has 1 atom stereocenters. The zero-order valence-electron chi connectivity index (χ0n) is 9.62. The van der Waals surface area contributed by atoms with Crippen molar-refractivity contribution >= 4 is 27.9 Å². The van der Waals surface area contributed by atoms with Gasteiger partial charge in [-0.1, -0.05) is 15.9 Å². The maximum Gasteiger partial charge on any atom is 0.320 e. The number of carbonyl (C=O) groups excluding carboxylic acids is 2. The van der Waals surface area contributed by atoms with E-state index in [-0.39, 0.29) is 16.8 Å². The van der Waals surface area contributed by atoms with E-state index in [1.54, 1.807) is 6.92 Å². The fourth-order valence-electron chi connectivity index (χ4n) is 1.03. The third-order valence-corrected chi connectivity index (χ3v) is 2.52. The number of hydrogen-bond donors (Lipinski definition) is 1. The summed E-state index contributed by atoms with van der Waals surface area (Å²) in [6.07, 6.45) is 1.09. The Morgan fingerprint density at radius 2 is 2.12 bits per heavy atom. The molecule has 0 aromatic rings. The molecule has 0 rings (SSSR count). The van der Waals surface area contributed by atoms with E-state index in [9.17, 15) is 9.59 Å². The molecule has 0 aliphatic rings. The predicted molar refractivity (Wildman–Crippen MR) is 63.5 cm³/mol. The topological polar surface area (TPSA) is 64.6 Å². The Labute approximate surface area is 104 Å². The minimum atomic E-state index is -0.347. The van der Waals surface area contributed by atoms with E-state index in [0.29, 0.717) is 32.5 Å². The van der Waals surface area contributed by atoms with Crippen molar-refractivity contribution in [3.8, 4) is 0 Å². The zero-order chi connectivity index (χ0) is 12.4. The molecular formula is C10H18BrNO4. The van der Waals surface area contributed by atoms with Crippen LogP contribution >= 0.6 is 15.9 Å². The molecule has 0 saturated carbocycles. The van der Waals surface area contributed by atoms with Crippen LogP contribution in [0.1, 0.15) is 19.8 Å². The van der Waals surface area contributed by atoms with Gasteiger partial charge in [0.25, 0.3) is 0 Å². The van der Waals surface area contributed by atoms with Gasteiger partial charge in [0.05, 0.1) is 13.7 Å². The van der Waals surface area contributed by atoms with Crippen molar-refractivity contribution in [3.05, 3.63) is 0 Å². The maximum absolute atomic E-state index is 11.0. The molecule has 0 fully saturated rings. The largest absolute Gasteiger partial charge is 0.468 e. The molecular weight excluding hydrogens is 278 g/mol. The van der Waals surface area contributed by atoms with Crippen molar-refractivity contribution < 1.29 is 19.1 Å². The first kappa shape index (κ1) is 15.4. The smallest absolute Gasteiger partial charge is 0.320 e. The highest BCUT2D eigenvalue weighted by Crippen LogP contribution is 2.00. The Kier molecular flexibility index (Phi) is 9.22. The minimum absolute atomic E-state index is 0.187. The Hall–Kier alpha value is -0.620. The van der Waals surface area contributed by atoms with Crippen LogP contribution in [0.15, 0.2) is 0 Å². The van der Waals surface area contributed by atoms with Crippen LogP contribution in [0.5, 0.6) is 0 Å². The lowest BCUT2D eigenvalue weighted by atomic mass is 10.3. The molecule has 0 aliphatic carbocycles. The third-order valence-electron chi connectivity index (χ3n) is 1.82. The molecule has 0 spiro atoms. The first-order chi connectivity index (χ1) is 7.61. The van der Waals surface area contributed by atoms with Crippen LogP contribution < -0.4 is 5.32 Å². The molecule has 1 unspecified atom stereocenters. The SMILES string of the molecule is CCOC(=O)CCCNCC(Br)C(=O)OC. The number of alkyl halides is 1. The van der Waals surface area contributed by atoms with Gasteiger partial charge in [-0.3, -0.25) is 9.59 Å². The van der Waals surface area contributed by atoms with Crippen molar-refractivity contribution in [2.75, 3.05) is 26.8 Å². The van der Waals surface area contributed by atoms with E-state index in [4.69, 9.17) is 4.74 Å². The van der Waals surface area contributed by atoms with Crippen LogP contribution in [0.2, 0.25) is 0 Å². The lowest BCUT2D eigenvalue weighted by Crippen LogP contribution is -2.30. The summed E-state index contributed by atoms with van der Waals surface area (Å²) < 4.78 is 9.31. The highest BCUT2D eigenvalue weighted by atomic mass is 79.9. The van der Waals surface area contributed by atoms with E-state index in [0.717, 1.165) is 0 Å². The van der Waals surface area contributed by atoms with Crippen molar-refractivity contribution in [2.24, 2.45) is 0 Å². The van der Waals surface area contributed by atoms with Crippen LogP contribution in [0.4, 0.5) is 0 Å². The van der Waals surface area contributed by atoms with Crippen LogP contribution in [0.25, 0.3) is 0 Å². The van der Waals surface area contributed by atoms with Crippen molar-refractivity contribution in [3.63, 3.8) is 0 Å². The molecule has 0 heterocycles. The average molecular weight is 296 g/mol. The zero-order valence-corrected chi connectivity index (χ0v) is 11.2. The van der Waals surface area contributed by atoms with Crippen LogP contribution in [-0.4, -0.2) is 43.6 Å². The number of esters is 2. The summed E-state index contributed by atoms with van der Waals surface area (Å²) in [5, 5.41) is 3.04. The summed E-state index contributed by atoms with van der Waals surface area (Å²) in [5.41, 5.74) is 0. The fourth-order valence-corrected chi connectivity index (χ4v) is 1.45. The second kappa shape index (κ2) is 9.59. The van der Waals surface area contributed by atoms with E-state index < -0.39 is 0 Å².